The molecular formula is C11H21N3S. The highest BCUT2D eigenvalue weighted by atomic mass is 32.2. The van der Waals surface area contributed by atoms with Gasteiger partial charge in [-0.2, -0.15) is 16.9 Å². The number of hydrogen-bond acceptors (Lipinski definition) is 3. The first-order valence-electron chi connectivity index (χ1n) is 5.32. The molecule has 0 saturated heterocycles. The Morgan fingerprint density at radius 2 is 2.33 bits per heavy atom. The molecule has 0 aromatic carbocycles. The second-order valence-corrected chi connectivity index (χ2v) is 5.00. The van der Waals surface area contributed by atoms with Crippen molar-refractivity contribution in [2.24, 2.45) is 13.0 Å². The summed E-state index contributed by atoms with van der Waals surface area (Å²) in [6, 6.07) is 2.13. The molecule has 0 radical (unpaired) electrons. The van der Waals surface area contributed by atoms with Crippen molar-refractivity contribution in [3.05, 3.63) is 17.5 Å². The van der Waals surface area contributed by atoms with Crippen LogP contribution in [0.1, 0.15) is 18.3 Å². The van der Waals surface area contributed by atoms with Crippen LogP contribution in [0.5, 0.6) is 0 Å². The van der Waals surface area contributed by atoms with E-state index in [4.69, 9.17) is 0 Å². The smallest absolute Gasteiger partial charge is 0.0597 e. The van der Waals surface area contributed by atoms with Gasteiger partial charge in [-0.3, -0.25) is 4.68 Å². The number of aryl methyl sites for hydroxylation is 2. The van der Waals surface area contributed by atoms with Crippen LogP contribution in [0.15, 0.2) is 6.07 Å². The standard InChI is InChI=1S/C11H21N3S/c1-9(8-15-4)6-12-7-11-5-10(2)13-14(11)3/h5,9,12H,6-8H2,1-4H3. The summed E-state index contributed by atoms with van der Waals surface area (Å²) in [6.45, 7) is 6.29. The Morgan fingerprint density at radius 3 is 2.87 bits per heavy atom. The van der Waals surface area contributed by atoms with Gasteiger partial charge in [0.2, 0.25) is 0 Å². The quantitative estimate of drug-likeness (QED) is 0.804. The largest absolute Gasteiger partial charge is 0.311 e. The highest BCUT2D eigenvalue weighted by Gasteiger charge is 2.03. The Hall–Kier alpha value is -0.480. The molecule has 0 amide bonds. The van der Waals surface area contributed by atoms with Crippen LogP contribution < -0.4 is 5.32 Å². The molecule has 0 aliphatic carbocycles. The van der Waals surface area contributed by atoms with Gasteiger partial charge >= 0.3 is 0 Å². The lowest BCUT2D eigenvalue weighted by Crippen LogP contribution is -2.23. The molecule has 0 spiro atoms. The van der Waals surface area contributed by atoms with Crippen molar-refractivity contribution in [2.45, 2.75) is 20.4 Å². The first-order valence-corrected chi connectivity index (χ1v) is 6.72. The van der Waals surface area contributed by atoms with Crippen molar-refractivity contribution in [2.75, 3.05) is 18.6 Å². The molecule has 1 aromatic heterocycles. The van der Waals surface area contributed by atoms with Crippen LogP contribution in [0.4, 0.5) is 0 Å². The summed E-state index contributed by atoms with van der Waals surface area (Å²) >= 11 is 1.91. The maximum Gasteiger partial charge on any atom is 0.0597 e. The minimum atomic E-state index is 0.731. The zero-order valence-corrected chi connectivity index (χ0v) is 10.9. The van der Waals surface area contributed by atoms with E-state index in [1.165, 1.54) is 11.4 Å². The van der Waals surface area contributed by atoms with E-state index in [0.717, 1.165) is 24.7 Å². The van der Waals surface area contributed by atoms with Crippen LogP contribution >= 0.6 is 11.8 Å². The van der Waals surface area contributed by atoms with Gasteiger partial charge in [-0.1, -0.05) is 6.92 Å². The van der Waals surface area contributed by atoms with Crippen LogP contribution in [-0.4, -0.2) is 28.3 Å². The highest BCUT2D eigenvalue weighted by molar-refractivity contribution is 7.98. The van der Waals surface area contributed by atoms with Gasteiger partial charge in [0, 0.05) is 13.6 Å². The van der Waals surface area contributed by atoms with Crippen molar-refractivity contribution in [3.63, 3.8) is 0 Å². The first-order chi connectivity index (χ1) is 7.13. The van der Waals surface area contributed by atoms with E-state index >= 15 is 0 Å². The van der Waals surface area contributed by atoms with Gasteiger partial charge in [-0.15, -0.1) is 0 Å². The van der Waals surface area contributed by atoms with Crippen molar-refractivity contribution in [1.29, 1.82) is 0 Å². The van der Waals surface area contributed by atoms with Gasteiger partial charge in [-0.25, -0.2) is 0 Å². The number of aromatic nitrogens is 2. The van der Waals surface area contributed by atoms with E-state index in [-0.39, 0.29) is 0 Å². The van der Waals surface area contributed by atoms with Gasteiger partial charge in [-0.05, 0) is 37.5 Å². The summed E-state index contributed by atoms with van der Waals surface area (Å²) in [5.41, 5.74) is 2.34. The predicted octanol–water partition coefficient (Wildman–Crippen LogP) is 1.82. The molecule has 0 bridgehead atoms. The van der Waals surface area contributed by atoms with E-state index in [0.29, 0.717) is 0 Å². The number of nitrogens with zero attached hydrogens (tertiary/aromatic N) is 2. The van der Waals surface area contributed by atoms with E-state index < -0.39 is 0 Å². The topological polar surface area (TPSA) is 29.9 Å². The summed E-state index contributed by atoms with van der Waals surface area (Å²) in [4.78, 5) is 0. The van der Waals surface area contributed by atoms with Crippen molar-refractivity contribution in [3.8, 4) is 0 Å². The van der Waals surface area contributed by atoms with E-state index in [1.807, 2.05) is 30.4 Å². The van der Waals surface area contributed by atoms with Crippen molar-refractivity contribution in [1.82, 2.24) is 15.1 Å². The van der Waals surface area contributed by atoms with Gasteiger partial charge < -0.3 is 5.32 Å². The summed E-state index contributed by atoms with van der Waals surface area (Å²) in [6.07, 6.45) is 2.15. The summed E-state index contributed by atoms with van der Waals surface area (Å²) in [7, 11) is 2.00. The van der Waals surface area contributed by atoms with Gasteiger partial charge in [0.05, 0.1) is 11.4 Å². The molecule has 1 N–H and O–H groups in total. The molecular weight excluding hydrogens is 206 g/mol. The van der Waals surface area contributed by atoms with Crippen molar-refractivity contribution < 1.29 is 0 Å². The zero-order chi connectivity index (χ0) is 11.3. The molecule has 15 heavy (non-hydrogen) atoms. The number of nitrogens with one attached hydrogen (secondary N) is 1. The van der Waals surface area contributed by atoms with Crippen LogP contribution in [0, 0.1) is 12.8 Å². The predicted molar refractivity (Wildman–Crippen MR) is 67.2 cm³/mol. The van der Waals surface area contributed by atoms with Gasteiger partial charge in [0.15, 0.2) is 0 Å². The molecule has 0 fully saturated rings. The minimum absolute atomic E-state index is 0.731. The normalized spacial score (nSPS) is 13.1. The lowest BCUT2D eigenvalue weighted by molar-refractivity contribution is 0.542. The third-order valence-electron chi connectivity index (χ3n) is 2.35. The Morgan fingerprint density at radius 1 is 1.60 bits per heavy atom. The van der Waals surface area contributed by atoms with Crippen LogP contribution in [0.2, 0.25) is 0 Å². The Labute approximate surface area is 96.6 Å². The first kappa shape index (κ1) is 12.6. The molecule has 0 aliphatic heterocycles. The van der Waals surface area contributed by atoms with E-state index in [2.05, 4.69) is 29.7 Å². The second-order valence-electron chi connectivity index (χ2n) is 4.09. The second kappa shape index (κ2) is 6.18. The molecule has 1 atom stereocenters. The molecule has 1 rings (SSSR count). The average Bonchev–Trinajstić information content (AvgIpc) is 2.46. The monoisotopic (exact) mass is 227 g/mol. The number of thioether (sulfide) groups is 1. The molecule has 0 aliphatic rings. The van der Waals surface area contributed by atoms with E-state index in [9.17, 15) is 0 Å². The number of rotatable bonds is 6. The fourth-order valence-electron chi connectivity index (χ4n) is 1.62. The number of hydrogen-bond donors (Lipinski definition) is 1. The molecule has 3 nitrogen and oxygen atoms in total. The zero-order valence-electron chi connectivity index (χ0n) is 10.1. The molecule has 0 saturated carbocycles. The third kappa shape index (κ3) is 4.26. The maximum atomic E-state index is 4.32. The van der Waals surface area contributed by atoms with Crippen LogP contribution in [-0.2, 0) is 13.6 Å². The van der Waals surface area contributed by atoms with Crippen molar-refractivity contribution >= 4 is 11.8 Å². The lowest BCUT2D eigenvalue weighted by Gasteiger charge is -2.10. The van der Waals surface area contributed by atoms with E-state index in [1.54, 1.807) is 0 Å². The molecule has 1 unspecified atom stereocenters. The summed E-state index contributed by atoms with van der Waals surface area (Å²) in [5, 5.41) is 7.78. The van der Waals surface area contributed by atoms with Gasteiger partial charge in [0.25, 0.3) is 0 Å². The molecule has 4 heteroatoms. The fraction of sp³-hybridized carbons (Fsp3) is 0.727. The SMILES string of the molecule is CSCC(C)CNCc1cc(C)nn1C. The minimum Gasteiger partial charge on any atom is -0.311 e. The summed E-state index contributed by atoms with van der Waals surface area (Å²) in [5.74, 6) is 1.95. The molecule has 1 aromatic rings. The summed E-state index contributed by atoms with van der Waals surface area (Å²) < 4.78 is 1.95. The third-order valence-corrected chi connectivity index (χ3v) is 3.25. The van der Waals surface area contributed by atoms with Gasteiger partial charge in [0.1, 0.15) is 0 Å². The van der Waals surface area contributed by atoms with Crippen LogP contribution in [0.25, 0.3) is 0 Å². The average molecular weight is 227 g/mol. The Bertz CT molecular complexity index is 296. The highest BCUT2D eigenvalue weighted by Crippen LogP contribution is 2.04. The fourth-order valence-corrected chi connectivity index (χ4v) is 2.31. The molecule has 1 heterocycles. The molecule has 86 valence electrons. The Kier molecular flexibility index (Phi) is 5.19. The Balaban J connectivity index is 2.28. The maximum absolute atomic E-state index is 4.32. The lowest BCUT2D eigenvalue weighted by atomic mass is 10.2. The van der Waals surface area contributed by atoms with Crippen LogP contribution in [0.3, 0.4) is 0 Å².